The van der Waals surface area contributed by atoms with Crippen LogP contribution in [0.15, 0.2) is 170 Å². The van der Waals surface area contributed by atoms with Crippen molar-refractivity contribution in [2.24, 2.45) is 0 Å². The van der Waals surface area contributed by atoms with Crippen LogP contribution in [0.1, 0.15) is 37.3 Å². The van der Waals surface area contributed by atoms with Crippen LogP contribution in [0.25, 0.3) is 87.6 Å². The van der Waals surface area contributed by atoms with Gasteiger partial charge < -0.3 is 0 Å². The number of fused-ring (bicyclic) bond motifs is 8. The highest BCUT2D eigenvalue weighted by Crippen LogP contribution is 2.51. The van der Waals surface area contributed by atoms with Gasteiger partial charge in [0, 0.05) is 5.41 Å². The summed E-state index contributed by atoms with van der Waals surface area (Å²) < 4.78 is 81.9. The van der Waals surface area contributed by atoms with Gasteiger partial charge in [-0.25, -0.2) is 0 Å². The molecule has 0 heterocycles. The number of hydrogen-bond donors (Lipinski definition) is 0. The third-order valence-corrected chi connectivity index (χ3v) is 10.4. The van der Waals surface area contributed by atoms with Crippen LogP contribution in [-0.2, 0) is 5.41 Å². The first-order chi connectivity index (χ1) is 27.8. The SMILES string of the molecule is [2H]c1c([2H])c([2H])c(-c2c3ccccc3c(-c3c([2H])c([2H])c(-c4ccc5c(c4)C(C)(C)c4cc6ccccc6cc4-5)c([2H])c3[2H])c3ccc4ccccc4c23)c([2H])c1[2H]. The van der Waals surface area contributed by atoms with E-state index >= 15 is 0 Å². The molecule has 0 aliphatic heterocycles. The van der Waals surface area contributed by atoms with E-state index in [0.717, 1.165) is 38.2 Å². The molecule has 0 spiro atoms. The lowest BCUT2D eigenvalue weighted by molar-refractivity contribution is 0.661. The summed E-state index contributed by atoms with van der Waals surface area (Å²) >= 11 is 0. The zero-order valence-electron chi connectivity index (χ0n) is 36.0. The predicted octanol–water partition coefficient (Wildman–Crippen LogP) is 13.6. The van der Waals surface area contributed by atoms with Gasteiger partial charge >= 0.3 is 0 Å². The first kappa shape index (κ1) is 20.4. The fraction of sp³-hybridized carbons (Fsp3) is 0.0612. The quantitative estimate of drug-likeness (QED) is 0.134. The fourth-order valence-corrected chi connectivity index (χ4v) is 8.01. The zero-order chi connectivity index (χ0) is 40.5. The van der Waals surface area contributed by atoms with E-state index in [4.69, 9.17) is 6.85 Å². The largest absolute Gasteiger partial charge is 0.0629 e. The van der Waals surface area contributed by atoms with Crippen LogP contribution < -0.4 is 0 Å². The highest BCUT2D eigenvalue weighted by molar-refractivity contribution is 6.27. The average molecular weight is 632 g/mol. The lowest BCUT2D eigenvalue weighted by Crippen LogP contribution is -2.15. The number of hydrogen-bond acceptors (Lipinski definition) is 0. The van der Waals surface area contributed by atoms with Crippen molar-refractivity contribution in [1.82, 2.24) is 0 Å². The first-order valence-corrected chi connectivity index (χ1v) is 16.5. The van der Waals surface area contributed by atoms with Gasteiger partial charge in [-0.2, -0.15) is 0 Å². The molecule has 0 heteroatoms. The van der Waals surface area contributed by atoms with Gasteiger partial charge in [0.25, 0.3) is 0 Å². The minimum atomic E-state index is -0.484. The summed E-state index contributed by atoms with van der Waals surface area (Å²) in [6, 6.07) is 34.7. The normalized spacial score (nSPS) is 15.8. The summed E-state index contributed by atoms with van der Waals surface area (Å²) in [6.45, 7) is 4.37. The van der Waals surface area contributed by atoms with Crippen LogP contribution in [0.4, 0.5) is 0 Å². The molecule has 0 atom stereocenters. The van der Waals surface area contributed by atoms with Crippen molar-refractivity contribution in [2.75, 3.05) is 0 Å². The molecular weight excluding hydrogens is 589 g/mol. The number of rotatable bonds is 3. The van der Waals surface area contributed by atoms with E-state index in [1.54, 1.807) is 0 Å². The van der Waals surface area contributed by atoms with Gasteiger partial charge in [0.15, 0.2) is 0 Å². The predicted molar refractivity (Wildman–Crippen MR) is 210 cm³/mol. The Morgan fingerprint density at radius 3 is 1.76 bits per heavy atom. The highest BCUT2D eigenvalue weighted by Gasteiger charge is 2.36. The van der Waals surface area contributed by atoms with Crippen molar-refractivity contribution >= 4 is 43.1 Å². The van der Waals surface area contributed by atoms with E-state index < -0.39 is 18.1 Å². The number of benzene rings is 9. The molecule has 0 saturated carbocycles. The topological polar surface area (TPSA) is 0 Å². The van der Waals surface area contributed by atoms with Gasteiger partial charge in [-0.15, -0.1) is 0 Å². The molecule has 9 aromatic carbocycles. The van der Waals surface area contributed by atoms with E-state index in [9.17, 15) is 5.48 Å². The lowest BCUT2D eigenvalue weighted by Gasteiger charge is -2.22. The van der Waals surface area contributed by atoms with Crippen molar-refractivity contribution in [3.05, 3.63) is 181 Å². The highest BCUT2D eigenvalue weighted by atomic mass is 14.4. The molecule has 0 unspecified atom stereocenters. The molecule has 1 aliphatic rings. The first-order valence-electron chi connectivity index (χ1n) is 21.0. The third-order valence-electron chi connectivity index (χ3n) is 10.4. The van der Waals surface area contributed by atoms with Gasteiger partial charge in [0.1, 0.15) is 0 Å². The van der Waals surface area contributed by atoms with Gasteiger partial charge in [-0.05, 0) is 117 Å². The standard InChI is InChI=1S/C49H34/c1-49(2)44-30-37(25-26-39(44)43-28-35-15-6-7-16-36(35)29-45(43)49)31-20-22-34(23-21-31)46-40-18-10-11-19-41(40)47(33-13-4-3-5-14-33)48-38-17-9-8-12-32(38)24-27-42(46)48/h3-30H,1-2H3/i3D,4D,5D,13D,14D,20D,21D,22D,23D. The molecular formula is C49H34. The third kappa shape index (κ3) is 4.17. The second-order valence-electron chi connectivity index (χ2n) is 13.4. The molecule has 1 aliphatic carbocycles. The Bertz CT molecular complexity index is 3250. The Kier molecular flexibility index (Phi) is 4.38. The zero-order valence-corrected chi connectivity index (χ0v) is 27.0. The van der Waals surface area contributed by atoms with E-state index in [0.29, 0.717) is 38.2 Å². The minimum Gasteiger partial charge on any atom is -0.0622 e. The fourth-order valence-electron chi connectivity index (χ4n) is 8.01. The van der Waals surface area contributed by atoms with Crippen molar-refractivity contribution < 1.29 is 12.3 Å². The smallest absolute Gasteiger partial charge is 0.0622 e. The van der Waals surface area contributed by atoms with E-state index in [-0.39, 0.29) is 58.4 Å². The second kappa shape index (κ2) is 10.5. The van der Waals surface area contributed by atoms with Crippen molar-refractivity contribution in [1.29, 1.82) is 0 Å². The van der Waals surface area contributed by atoms with Crippen LogP contribution in [0.3, 0.4) is 0 Å². The summed E-state index contributed by atoms with van der Waals surface area (Å²) in [5, 5.41) is 6.24. The molecule has 0 N–H and O–H groups in total. The molecule has 0 fully saturated rings. The molecule has 10 rings (SSSR count). The maximum Gasteiger partial charge on any atom is 0.0629 e. The van der Waals surface area contributed by atoms with Crippen LogP contribution >= 0.6 is 0 Å². The van der Waals surface area contributed by atoms with Crippen LogP contribution in [-0.4, -0.2) is 0 Å². The molecule has 0 aromatic heterocycles. The summed E-state index contributed by atoms with van der Waals surface area (Å²) in [5.74, 6) is 0. The van der Waals surface area contributed by atoms with Gasteiger partial charge in [-0.1, -0.05) is 165 Å². The Labute approximate surface area is 299 Å². The van der Waals surface area contributed by atoms with Crippen molar-refractivity contribution in [3.8, 4) is 44.5 Å². The summed E-state index contributed by atoms with van der Waals surface area (Å²) in [4.78, 5) is 0. The molecule has 230 valence electrons. The summed E-state index contributed by atoms with van der Waals surface area (Å²) in [7, 11) is 0. The average Bonchev–Trinajstić information content (AvgIpc) is 3.45. The second-order valence-corrected chi connectivity index (χ2v) is 13.4. The maximum absolute atomic E-state index is 9.64. The Balaban J connectivity index is 1.26. The maximum atomic E-state index is 9.64. The van der Waals surface area contributed by atoms with Gasteiger partial charge in [-0.3, -0.25) is 0 Å². The van der Waals surface area contributed by atoms with Crippen LogP contribution in [0.5, 0.6) is 0 Å². The Morgan fingerprint density at radius 2 is 1.00 bits per heavy atom. The van der Waals surface area contributed by atoms with E-state index in [2.05, 4.69) is 38.1 Å². The molecule has 9 aromatic rings. The summed E-state index contributed by atoms with van der Waals surface area (Å²) in [6.07, 6.45) is 0. The monoisotopic (exact) mass is 631 g/mol. The molecule has 0 nitrogen and oxygen atoms in total. The van der Waals surface area contributed by atoms with Crippen LogP contribution in [0.2, 0.25) is 0 Å². The van der Waals surface area contributed by atoms with E-state index in [1.807, 2.05) is 91.0 Å². The molecule has 0 radical (unpaired) electrons. The van der Waals surface area contributed by atoms with Gasteiger partial charge in [0.05, 0.1) is 12.3 Å². The Hall–Kier alpha value is -5.98. The Morgan fingerprint density at radius 1 is 0.408 bits per heavy atom. The van der Waals surface area contributed by atoms with Crippen LogP contribution in [0, 0.1) is 0 Å². The molecule has 0 saturated heterocycles. The van der Waals surface area contributed by atoms with Gasteiger partial charge in [0.2, 0.25) is 0 Å². The van der Waals surface area contributed by atoms with E-state index in [1.165, 1.54) is 5.56 Å². The molecule has 49 heavy (non-hydrogen) atoms. The van der Waals surface area contributed by atoms with Crippen molar-refractivity contribution in [3.63, 3.8) is 0 Å². The summed E-state index contributed by atoms with van der Waals surface area (Å²) in [5.41, 5.74) is 6.06. The lowest BCUT2D eigenvalue weighted by atomic mass is 9.81. The molecule has 0 amide bonds. The molecule has 0 bridgehead atoms. The van der Waals surface area contributed by atoms with Crippen molar-refractivity contribution in [2.45, 2.75) is 19.3 Å². The minimum absolute atomic E-state index is 0.0554.